The van der Waals surface area contributed by atoms with Crippen molar-refractivity contribution in [2.24, 2.45) is 10.9 Å². The Morgan fingerprint density at radius 2 is 2.15 bits per heavy atom. The largest absolute Gasteiger partial charge is 0.357 e. The monoisotopic (exact) mass is 481 g/mol. The summed E-state index contributed by atoms with van der Waals surface area (Å²) in [6, 6.07) is 10.8. The maximum Gasteiger partial charge on any atom is 0.193 e. The van der Waals surface area contributed by atoms with Crippen LogP contribution in [-0.2, 0) is 12.8 Å². The summed E-state index contributed by atoms with van der Waals surface area (Å²) in [6.07, 6.45) is 6.42. The zero-order valence-electron chi connectivity index (χ0n) is 16.4. The van der Waals surface area contributed by atoms with E-state index < -0.39 is 0 Å². The highest BCUT2D eigenvalue weighted by molar-refractivity contribution is 14.0. The fraction of sp³-hybridized carbons (Fsp3) is 0.524. The van der Waals surface area contributed by atoms with Crippen molar-refractivity contribution in [3.63, 3.8) is 0 Å². The lowest BCUT2D eigenvalue weighted by atomic mass is 9.99. The van der Waals surface area contributed by atoms with E-state index in [4.69, 9.17) is 4.99 Å². The van der Waals surface area contributed by atoms with Crippen LogP contribution < -0.4 is 5.32 Å². The smallest absolute Gasteiger partial charge is 0.193 e. The van der Waals surface area contributed by atoms with Gasteiger partial charge in [0.25, 0.3) is 0 Å². The summed E-state index contributed by atoms with van der Waals surface area (Å²) in [5.74, 6) is 1.79. The average Bonchev–Trinajstić information content (AvgIpc) is 3.28. The minimum absolute atomic E-state index is 0. The molecule has 0 spiro atoms. The van der Waals surface area contributed by atoms with Gasteiger partial charge in [-0.15, -0.1) is 24.0 Å². The third-order valence-corrected chi connectivity index (χ3v) is 5.09. The van der Waals surface area contributed by atoms with E-state index in [1.165, 1.54) is 23.2 Å². The standard InChI is InChI=1S/C21H31N5.HI/c1-3-22-21(23-12-7-10-20-15-24-25-17(20)2)26-13-11-19(16-26)14-18-8-5-4-6-9-18;/h4-6,8-9,15,19H,3,7,10-14,16H2,1-2H3,(H,22,23)(H,24,25);1H. The Hall–Kier alpha value is -1.57. The lowest BCUT2D eigenvalue weighted by molar-refractivity contribution is 0.459. The number of aryl methyl sites for hydroxylation is 2. The predicted octanol–water partition coefficient (Wildman–Crippen LogP) is 3.80. The Bertz CT molecular complexity index is 698. The van der Waals surface area contributed by atoms with E-state index in [-0.39, 0.29) is 24.0 Å². The van der Waals surface area contributed by atoms with Gasteiger partial charge in [0.1, 0.15) is 0 Å². The van der Waals surface area contributed by atoms with Crippen LogP contribution in [0.3, 0.4) is 0 Å². The number of aromatic amines is 1. The van der Waals surface area contributed by atoms with E-state index in [0.717, 1.165) is 57.3 Å². The highest BCUT2D eigenvalue weighted by Gasteiger charge is 2.24. The quantitative estimate of drug-likeness (QED) is 0.274. The van der Waals surface area contributed by atoms with E-state index in [9.17, 15) is 0 Å². The van der Waals surface area contributed by atoms with Crippen LogP contribution in [0.2, 0.25) is 0 Å². The Balaban J connectivity index is 0.00000261. The molecule has 148 valence electrons. The minimum atomic E-state index is 0. The molecule has 1 aromatic heterocycles. The second-order valence-corrected chi connectivity index (χ2v) is 7.15. The van der Waals surface area contributed by atoms with Crippen molar-refractivity contribution >= 4 is 29.9 Å². The number of nitrogens with zero attached hydrogens (tertiary/aromatic N) is 3. The molecule has 0 amide bonds. The van der Waals surface area contributed by atoms with Gasteiger partial charge in [-0.25, -0.2) is 0 Å². The van der Waals surface area contributed by atoms with Gasteiger partial charge >= 0.3 is 0 Å². The molecule has 0 aliphatic carbocycles. The Kier molecular flexibility index (Phi) is 9.10. The van der Waals surface area contributed by atoms with Crippen LogP contribution in [0.25, 0.3) is 0 Å². The summed E-state index contributed by atoms with van der Waals surface area (Å²) in [5.41, 5.74) is 3.91. The van der Waals surface area contributed by atoms with Crippen molar-refractivity contribution in [1.29, 1.82) is 0 Å². The molecular formula is C21H32IN5. The number of guanidine groups is 1. The normalized spacial score (nSPS) is 17.0. The summed E-state index contributed by atoms with van der Waals surface area (Å²) < 4.78 is 0. The van der Waals surface area contributed by atoms with Crippen LogP contribution in [0.1, 0.15) is 36.6 Å². The second kappa shape index (κ2) is 11.3. The van der Waals surface area contributed by atoms with Crippen molar-refractivity contribution in [2.75, 3.05) is 26.2 Å². The number of hydrogen-bond donors (Lipinski definition) is 2. The Labute approximate surface area is 180 Å². The maximum atomic E-state index is 4.87. The van der Waals surface area contributed by atoms with Crippen molar-refractivity contribution in [2.45, 2.75) is 39.5 Å². The first-order chi connectivity index (χ1) is 12.8. The lowest BCUT2D eigenvalue weighted by Crippen LogP contribution is -2.40. The number of H-pyrrole nitrogens is 1. The number of aromatic nitrogens is 2. The molecule has 0 bridgehead atoms. The van der Waals surface area contributed by atoms with E-state index in [2.05, 4.69) is 64.6 Å². The van der Waals surface area contributed by atoms with Gasteiger partial charge in [-0.1, -0.05) is 30.3 Å². The molecule has 1 unspecified atom stereocenters. The molecule has 1 aliphatic heterocycles. The topological polar surface area (TPSA) is 56.3 Å². The second-order valence-electron chi connectivity index (χ2n) is 7.15. The molecule has 2 aromatic rings. The fourth-order valence-corrected chi connectivity index (χ4v) is 3.65. The number of benzene rings is 1. The number of nitrogens with one attached hydrogen (secondary N) is 2. The van der Waals surface area contributed by atoms with Crippen LogP contribution in [-0.4, -0.2) is 47.2 Å². The first-order valence-corrected chi connectivity index (χ1v) is 9.82. The molecule has 1 aromatic carbocycles. The van der Waals surface area contributed by atoms with Gasteiger partial charge < -0.3 is 10.2 Å². The van der Waals surface area contributed by atoms with E-state index in [1.807, 2.05) is 6.20 Å². The molecule has 0 radical (unpaired) electrons. The summed E-state index contributed by atoms with van der Waals surface area (Å²) in [6.45, 7) is 8.19. The van der Waals surface area contributed by atoms with Gasteiger partial charge in [-0.2, -0.15) is 5.10 Å². The molecule has 1 aliphatic rings. The number of halogens is 1. The van der Waals surface area contributed by atoms with E-state index in [0.29, 0.717) is 0 Å². The van der Waals surface area contributed by atoms with Crippen LogP contribution in [0.15, 0.2) is 41.5 Å². The molecule has 6 heteroatoms. The molecule has 1 fully saturated rings. The third-order valence-electron chi connectivity index (χ3n) is 5.09. The minimum Gasteiger partial charge on any atom is -0.357 e. The summed E-state index contributed by atoms with van der Waals surface area (Å²) in [7, 11) is 0. The number of likely N-dealkylation sites (tertiary alicyclic amines) is 1. The molecular weight excluding hydrogens is 449 g/mol. The van der Waals surface area contributed by atoms with Crippen LogP contribution >= 0.6 is 24.0 Å². The van der Waals surface area contributed by atoms with Crippen molar-refractivity contribution in [3.05, 3.63) is 53.3 Å². The SMILES string of the molecule is CCNC(=NCCCc1cn[nH]c1C)N1CCC(Cc2ccccc2)C1.I. The van der Waals surface area contributed by atoms with Crippen molar-refractivity contribution in [1.82, 2.24) is 20.4 Å². The van der Waals surface area contributed by atoms with E-state index in [1.54, 1.807) is 0 Å². The predicted molar refractivity (Wildman–Crippen MR) is 123 cm³/mol. The zero-order chi connectivity index (χ0) is 18.2. The highest BCUT2D eigenvalue weighted by atomic mass is 127. The van der Waals surface area contributed by atoms with Gasteiger partial charge in [-0.3, -0.25) is 10.1 Å². The first-order valence-electron chi connectivity index (χ1n) is 9.82. The third kappa shape index (κ3) is 6.52. The molecule has 2 N–H and O–H groups in total. The number of rotatable bonds is 7. The van der Waals surface area contributed by atoms with Crippen molar-refractivity contribution in [3.8, 4) is 0 Å². The molecule has 2 heterocycles. The number of aliphatic imine (C=N–C) groups is 1. The summed E-state index contributed by atoms with van der Waals surface area (Å²) >= 11 is 0. The van der Waals surface area contributed by atoms with Crippen LogP contribution in [0.4, 0.5) is 0 Å². The average molecular weight is 481 g/mol. The number of hydrogen-bond acceptors (Lipinski definition) is 2. The first kappa shape index (κ1) is 21.7. The molecule has 1 atom stereocenters. The Morgan fingerprint density at radius 1 is 1.33 bits per heavy atom. The summed E-state index contributed by atoms with van der Waals surface area (Å²) in [4.78, 5) is 7.30. The molecule has 0 saturated carbocycles. The molecule has 27 heavy (non-hydrogen) atoms. The maximum absolute atomic E-state index is 4.87. The fourth-order valence-electron chi connectivity index (χ4n) is 3.65. The summed E-state index contributed by atoms with van der Waals surface area (Å²) in [5, 5.41) is 10.6. The van der Waals surface area contributed by atoms with Gasteiger partial charge in [0, 0.05) is 31.9 Å². The molecule has 5 nitrogen and oxygen atoms in total. The van der Waals surface area contributed by atoms with Gasteiger partial charge in [0.2, 0.25) is 0 Å². The van der Waals surface area contributed by atoms with Gasteiger partial charge in [-0.05, 0) is 56.6 Å². The van der Waals surface area contributed by atoms with Gasteiger partial charge in [0.05, 0.1) is 6.20 Å². The lowest BCUT2D eigenvalue weighted by Gasteiger charge is -2.21. The van der Waals surface area contributed by atoms with E-state index >= 15 is 0 Å². The van der Waals surface area contributed by atoms with Crippen LogP contribution in [0, 0.1) is 12.8 Å². The van der Waals surface area contributed by atoms with Gasteiger partial charge in [0.15, 0.2) is 5.96 Å². The van der Waals surface area contributed by atoms with Crippen LogP contribution in [0.5, 0.6) is 0 Å². The zero-order valence-corrected chi connectivity index (χ0v) is 18.8. The molecule has 1 saturated heterocycles. The van der Waals surface area contributed by atoms with Crippen molar-refractivity contribution < 1.29 is 0 Å². The highest BCUT2D eigenvalue weighted by Crippen LogP contribution is 2.21. The Morgan fingerprint density at radius 3 is 2.85 bits per heavy atom. The molecule has 3 rings (SSSR count).